The van der Waals surface area contributed by atoms with E-state index in [1.807, 2.05) is 4.72 Å². The number of ether oxygens (including phenoxy) is 2. The number of anilines is 2. The number of hydrogen-bond acceptors (Lipinski definition) is 17. The number of H-pyrrole nitrogens is 1. The van der Waals surface area contributed by atoms with Crippen molar-refractivity contribution in [2.45, 2.75) is 49.2 Å². The van der Waals surface area contributed by atoms with Gasteiger partial charge in [-0.15, -0.1) is 0 Å². The van der Waals surface area contributed by atoms with E-state index in [0.717, 1.165) is 28.1 Å². The Hall–Kier alpha value is -3.74. The van der Waals surface area contributed by atoms with Crippen molar-refractivity contribution < 1.29 is 49.4 Å². The average molecular weight is 676 g/mol. The number of phosphoric acid groups is 1. The van der Waals surface area contributed by atoms with Crippen LogP contribution in [0.1, 0.15) is 12.5 Å². The highest BCUT2D eigenvalue weighted by Crippen LogP contribution is 2.48. The van der Waals surface area contributed by atoms with E-state index >= 15 is 8.78 Å². The first kappa shape index (κ1) is 29.9. The number of halogens is 2. The molecule has 0 saturated carbocycles. The molecule has 3 aliphatic heterocycles. The first-order valence-corrected chi connectivity index (χ1v) is 15.7. The van der Waals surface area contributed by atoms with Gasteiger partial charge in [-0.25, -0.2) is 32.9 Å². The van der Waals surface area contributed by atoms with Gasteiger partial charge in [0.25, 0.3) is 13.4 Å². The van der Waals surface area contributed by atoms with Gasteiger partial charge in [-0.3, -0.25) is 23.5 Å². The Morgan fingerprint density at radius 3 is 2.40 bits per heavy atom. The summed E-state index contributed by atoms with van der Waals surface area (Å²) < 4.78 is 101. The molecular formula is C20H21F2N11O10PS-. The van der Waals surface area contributed by atoms with Crippen LogP contribution in [-0.2, 0) is 37.6 Å². The summed E-state index contributed by atoms with van der Waals surface area (Å²) in [4.78, 5) is 46.8. The fraction of sp³-hybridized carbons (Fsp3) is 0.500. The lowest BCUT2D eigenvalue weighted by Crippen LogP contribution is -2.45. The zero-order valence-electron chi connectivity index (χ0n) is 22.2. The summed E-state index contributed by atoms with van der Waals surface area (Å²) in [6.45, 7) is -1.81. The van der Waals surface area contributed by atoms with Crippen LogP contribution in [-0.4, -0.2) is 97.4 Å². The molecule has 242 valence electrons. The van der Waals surface area contributed by atoms with Gasteiger partial charge in [0, 0.05) is 6.54 Å². The van der Waals surface area contributed by atoms with Gasteiger partial charge in [0.05, 0.1) is 19.3 Å². The third-order valence-electron chi connectivity index (χ3n) is 7.27. The van der Waals surface area contributed by atoms with E-state index in [0.29, 0.717) is 0 Å². The number of rotatable bonds is 2. The van der Waals surface area contributed by atoms with Gasteiger partial charge in [-0.1, -0.05) is 0 Å². The molecule has 0 amide bonds. The molecule has 7 rings (SSSR count). The van der Waals surface area contributed by atoms with Crippen LogP contribution in [0.3, 0.4) is 0 Å². The molecule has 21 nitrogen and oxygen atoms in total. The van der Waals surface area contributed by atoms with Gasteiger partial charge in [-0.05, 0) is 0 Å². The number of imidazole rings is 2. The largest absolute Gasteiger partial charge is 0.756 e. The van der Waals surface area contributed by atoms with Crippen LogP contribution >= 0.6 is 7.82 Å². The van der Waals surface area contributed by atoms with E-state index in [2.05, 4.69) is 29.9 Å². The molecule has 0 radical (unpaired) electrons. The molecule has 3 aliphatic rings. The summed E-state index contributed by atoms with van der Waals surface area (Å²) in [5, 5.41) is 0. The maximum Gasteiger partial charge on any atom is 0.336 e. The lowest BCUT2D eigenvalue weighted by Gasteiger charge is -2.31. The number of aromatic nitrogens is 8. The normalized spacial score (nSPS) is 35.5. The van der Waals surface area contributed by atoms with Crippen molar-refractivity contribution in [2.24, 2.45) is 0 Å². The minimum Gasteiger partial charge on any atom is -0.756 e. The van der Waals surface area contributed by atoms with Gasteiger partial charge < -0.3 is 34.9 Å². The number of alkyl halides is 2. The van der Waals surface area contributed by atoms with Gasteiger partial charge in [-0.2, -0.15) is 18.1 Å². The summed E-state index contributed by atoms with van der Waals surface area (Å²) >= 11 is 0. The molecule has 45 heavy (non-hydrogen) atoms. The number of nitrogens with zero attached hydrogens (tertiary/aromatic N) is 7. The maximum absolute atomic E-state index is 15.8. The Balaban J connectivity index is 1.17. The van der Waals surface area contributed by atoms with E-state index in [-0.39, 0.29) is 34.1 Å². The quantitative estimate of drug-likeness (QED) is 0.162. The third-order valence-corrected chi connectivity index (χ3v) is 9.23. The summed E-state index contributed by atoms with van der Waals surface area (Å²) in [6, 6.07) is 0. The molecule has 7 heterocycles. The Morgan fingerprint density at radius 2 is 1.64 bits per heavy atom. The predicted octanol–water partition coefficient (Wildman–Crippen LogP) is -2.30. The highest BCUT2D eigenvalue weighted by Gasteiger charge is 2.53. The van der Waals surface area contributed by atoms with Crippen LogP contribution in [0.2, 0.25) is 0 Å². The van der Waals surface area contributed by atoms with Crippen LogP contribution in [0.4, 0.5) is 20.5 Å². The van der Waals surface area contributed by atoms with E-state index in [4.69, 9.17) is 34.2 Å². The molecule has 25 heteroatoms. The molecule has 9 atom stereocenters. The summed E-state index contributed by atoms with van der Waals surface area (Å²) in [6.07, 6.45) is -11.9. The predicted molar refractivity (Wildman–Crippen MR) is 140 cm³/mol. The number of nitrogens with two attached hydrogens (primary N) is 2. The van der Waals surface area contributed by atoms with Crippen LogP contribution in [0.15, 0.2) is 23.8 Å². The highest BCUT2D eigenvalue weighted by atomic mass is 32.2. The maximum atomic E-state index is 15.8. The fourth-order valence-corrected chi connectivity index (χ4v) is 7.17. The number of nitrogens with one attached hydrogen (secondary N) is 2. The zero-order chi connectivity index (χ0) is 31.8. The van der Waals surface area contributed by atoms with Gasteiger partial charge >= 0.3 is 10.3 Å². The number of phosphoric ester groups is 1. The smallest absolute Gasteiger partial charge is 0.336 e. The Bertz CT molecular complexity index is 2010. The van der Waals surface area contributed by atoms with Crippen molar-refractivity contribution in [1.29, 1.82) is 0 Å². The van der Waals surface area contributed by atoms with E-state index in [9.17, 15) is 22.7 Å². The SMILES string of the molecule is Nc1nc2c(ncn2[C@@H]2O[C@@H]3COP(=O)([O-])O[C@H]4[C@@H](F)[C@H](n5cnc6c(N)ncnc65)O[C@@H]4CNS(=O)(=O)O[C@H]3[C@@H]2F)c(=O)[nH]1. The van der Waals surface area contributed by atoms with Crippen LogP contribution in [0, 0.1) is 0 Å². The number of fused-ring (bicyclic) bond motifs is 4. The number of nitrogen functional groups attached to an aromatic ring is 2. The molecule has 0 aromatic carbocycles. The van der Waals surface area contributed by atoms with Crippen LogP contribution in [0.5, 0.6) is 0 Å². The molecule has 6 N–H and O–H groups in total. The highest BCUT2D eigenvalue weighted by molar-refractivity contribution is 7.84. The molecule has 0 bridgehead atoms. The second-order valence-corrected chi connectivity index (χ2v) is 12.8. The lowest BCUT2D eigenvalue weighted by atomic mass is 10.1. The second-order valence-electron chi connectivity index (χ2n) is 10.1. The first-order chi connectivity index (χ1) is 21.3. The van der Waals surface area contributed by atoms with Gasteiger partial charge in [0.15, 0.2) is 47.4 Å². The fourth-order valence-electron chi connectivity index (χ4n) is 5.27. The minimum atomic E-state index is -5.41. The van der Waals surface area contributed by atoms with E-state index < -0.39 is 86.1 Å². The summed E-state index contributed by atoms with van der Waals surface area (Å²) in [7, 11) is -10.3. The van der Waals surface area contributed by atoms with Crippen molar-refractivity contribution in [2.75, 3.05) is 24.6 Å². The Kier molecular flexibility index (Phi) is 7.10. The van der Waals surface area contributed by atoms with E-state index in [1.54, 1.807) is 0 Å². The van der Waals surface area contributed by atoms with Crippen molar-refractivity contribution in [3.8, 4) is 0 Å². The first-order valence-electron chi connectivity index (χ1n) is 12.9. The zero-order valence-corrected chi connectivity index (χ0v) is 24.0. The van der Waals surface area contributed by atoms with Crippen LogP contribution in [0.25, 0.3) is 22.3 Å². The Labute approximate surface area is 248 Å². The molecule has 0 spiro atoms. The standard InChI is InChI=1S/C20H22F2N11O10PS/c21-8-12-6(40-18(8)32-4-27-10-14(23)25-3-26-15(10)32)1-29-45(37,38)43-13-7(2-39-44(35,36)42-12)41-19(9(13)22)33-5-28-11-16(33)30-20(24)31-17(11)34/h3-9,12-13,18-19,29H,1-2H2,(H,35,36)(H2,23,25,26)(H3,24,30,31,34)/p-1/t6-,7-,8-,9+,12-,13-,18-,19-/m1/s1. The molecule has 0 aliphatic carbocycles. The molecule has 4 aromatic rings. The van der Waals surface area contributed by atoms with Gasteiger partial charge in [0.2, 0.25) is 5.95 Å². The molecular weight excluding hydrogens is 655 g/mol. The molecule has 4 aromatic heterocycles. The van der Waals surface area contributed by atoms with Crippen molar-refractivity contribution in [3.63, 3.8) is 0 Å². The van der Waals surface area contributed by atoms with Crippen molar-refractivity contribution in [3.05, 3.63) is 29.3 Å². The van der Waals surface area contributed by atoms with Crippen molar-refractivity contribution >= 4 is 52.2 Å². The molecule has 3 fully saturated rings. The summed E-state index contributed by atoms with van der Waals surface area (Å²) in [5.74, 6) is -0.349. The monoisotopic (exact) mass is 676 g/mol. The average Bonchev–Trinajstić information content (AvgIpc) is 3.72. The van der Waals surface area contributed by atoms with E-state index in [1.165, 1.54) is 0 Å². The minimum absolute atomic E-state index is 0.0197. The molecule has 1 unspecified atom stereocenters. The van der Waals surface area contributed by atoms with Crippen LogP contribution < -0.4 is 26.6 Å². The number of hydrogen-bond donors (Lipinski definition) is 4. The van der Waals surface area contributed by atoms with Gasteiger partial charge in [0.1, 0.15) is 36.3 Å². The topological polar surface area (TPSA) is 292 Å². The van der Waals surface area contributed by atoms with Crippen molar-refractivity contribution in [1.82, 2.24) is 43.8 Å². The second kappa shape index (κ2) is 10.7. The summed E-state index contributed by atoms with van der Waals surface area (Å²) in [5.41, 5.74) is 10.3. The Morgan fingerprint density at radius 1 is 0.978 bits per heavy atom. The number of aromatic amines is 1. The lowest BCUT2D eigenvalue weighted by molar-refractivity contribution is -0.235. The molecule has 3 saturated heterocycles. The third kappa shape index (κ3) is 5.22.